The minimum atomic E-state index is 0.111. The van der Waals surface area contributed by atoms with Crippen LogP contribution in [0.25, 0.3) is 0 Å². The summed E-state index contributed by atoms with van der Waals surface area (Å²) in [5.74, 6) is 0.609. The normalized spacial score (nSPS) is 11.1. The van der Waals surface area contributed by atoms with Crippen LogP contribution in [-0.4, -0.2) is 28.7 Å². The quantitative estimate of drug-likeness (QED) is 0.751. The summed E-state index contributed by atoms with van der Waals surface area (Å²) in [5.41, 5.74) is 2.04. The van der Waals surface area contributed by atoms with Gasteiger partial charge in [0.1, 0.15) is 0 Å². The number of alkyl halides is 1. The molecular weight excluding hydrogens is 290 g/mol. The summed E-state index contributed by atoms with van der Waals surface area (Å²) in [4.78, 5) is 14.3. The molecule has 0 aliphatic carbocycles. The van der Waals surface area contributed by atoms with E-state index in [4.69, 9.17) is 0 Å². The van der Waals surface area contributed by atoms with Gasteiger partial charge in [0.05, 0.1) is 0 Å². The first kappa shape index (κ1) is 15.2. The molecule has 3 heteroatoms. The minimum absolute atomic E-state index is 0.111. The van der Waals surface area contributed by atoms with Crippen molar-refractivity contribution in [2.75, 3.05) is 11.9 Å². The van der Waals surface area contributed by atoms with Crippen molar-refractivity contribution in [3.63, 3.8) is 0 Å². The topological polar surface area (TPSA) is 20.3 Å². The van der Waals surface area contributed by atoms with E-state index in [-0.39, 0.29) is 11.9 Å². The zero-order valence-electron chi connectivity index (χ0n) is 11.6. The second kappa shape index (κ2) is 6.93. The van der Waals surface area contributed by atoms with Gasteiger partial charge in [-0.25, -0.2) is 0 Å². The number of amides is 1. The van der Waals surface area contributed by atoms with Gasteiger partial charge in [-0.15, -0.1) is 0 Å². The van der Waals surface area contributed by atoms with E-state index in [2.05, 4.69) is 29.8 Å². The number of hydrogen-bond acceptors (Lipinski definition) is 1. The van der Waals surface area contributed by atoms with E-state index in [0.29, 0.717) is 5.92 Å². The molecule has 2 nitrogen and oxygen atoms in total. The first-order valence-electron chi connectivity index (χ1n) is 6.44. The molecule has 100 valence electrons. The molecule has 0 saturated heterocycles. The molecule has 0 radical (unpaired) electrons. The zero-order valence-corrected chi connectivity index (χ0v) is 13.2. The molecule has 1 rings (SSSR count). The maximum Gasteiger partial charge on any atom is 0.254 e. The predicted molar refractivity (Wildman–Crippen MR) is 80.5 cm³/mol. The third-order valence-electron chi connectivity index (χ3n) is 3.03. The van der Waals surface area contributed by atoms with Crippen LogP contribution in [0.2, 0.25) is 0 Å². The molecule has 0 unspecified atom stereocenters. The third kappa shape index (κ3) is 3.84. The molecule has 0 heterocycles. The second-order valence-electron chi connectivity index (χ2n) is 5.06. The number of nitrogens with zero attached hydrogens (tertiary/aromatic N) is 1. The number of benzene rings is 1. The van der Waals surface area contributed by atoms with Gasteiger partial charge in [-0.05, 0) is 37.5 Å². The fourth-order valence-electron chi connectivity index (χ4n) is 1.86. The van der Waals surface area contributed by atoms with Crippen LogP contribution in [0, 0.1) is 0 Å². The van der Waals surface area contributed by atoms with E-state index >= 15 is 0 Å². The first-order valence-corrected chi connectivity index (χ1v) is 7.56. The Morgan fingerprint density at radius 1 is 1.17 bits per heavy atom. The van der Waals surface area contributed by atoms with E-state index in [1.807, 2.05) is 43.0 Å². The molecule has 0 saturated carbocycles. The Balaban J connectivity index is 2.88. The Kier molecular flexibility index (Phi) is 5.86. The summed E-state index contributed by atoms with van der Waals surface area (Å²) in [6.07, 6.45) is 0. The average molecular weight is 312 g/mol. The van der Waals surface area contributed by atoms with E-state index in [9.17, 15) is 4.79 Å². The highest BCUT2D eigenvalue weighted by Crippen LogP contribution is 2.16. The summed E-state index contributed by atoms with van der Waals surface area (Å²) < 4.78 is 0. The number of hydrogen-bond donors (Lipinski definition) is 0. The van der Waals surface area contributed by atoms with E-state index in [1.165, 1.54) is 5.56 Å². The molecule has 18 heavy (non-hydrogen) atoms. The Morgan fingerprint density at radius 2 is 1.72 bits per heavy atom. The van der Waals surface area contributed by atoms with Crippen LogP contribution in [0.3, 0.4) is 0 Å². The lowest BCUT2D eigenvalue weighted by Crippen LogP contribution is -2.38. The fraction of sp³-hybridized carbons (Fsp3) is 0.533. The molecule has 0 atom stereocenters. The molecule has 0 N–H and O–H groups in total. The highest BCUT2D eigenvalue weighted by molar-refractivity contribution is 9.09. The van der Waals surface area contributed by atoms with E-state index in [1.54, 1.807) is 0 Å². The highest BCUT2D eigenvalue weighted by Gasteiger charge is 2.17. The molecule has 1 aromatic rings. The summed E-state index contributed by atoms with van der Waals surface area (Å²) in [5, 5.41) is 0.807. The minimum Gasteiger partial charge on any atom is -0.335 e. The number of carbonyl (C=O) groups is 1. The first-order chi connectivity index (χ1) is 8.47. The number of rotatable bonds is 5. The van der Waals surface area contributed by atoms with Crippen molar-refractivity contribution >= 4 is 21.8 Å². The van der Waals surface area contributed by atoms with Crippen LogP contribution in [0.5, 0.6) is 0 Å². The monoisotopic (exact) mass is 311 g/mol. The molecule has 0 aliphatic heterocycles. The van der Waals surface area contributed by atoms with Crippen LogP contribution in [-0.2, 0) is 0 Å². The van der Waals surface area contributed by atoms with Crippen molar-refractivity contribution in [3.05, 3.63) is 35.4 Å². The van der Waals surface area contributed by atoms with Gasteiger partial charge in [0.2, 0.25) is 0 Å². The van der Waals surface area contributed by atoms with Crippen LogP contribution in [0.1, 0.15) is 49.5 Å². The van der Waals surface area contributed by atoms with Crippen molar-refractivity contribution in [3.8, 4) is 0 Å². The SMILES string of the molecule is CC(C)c1ccc(C(=O)N(CCBr)C(C)C)cc1. The maximum atomic E-state index is 12.4. The van der Waals surface area contributed by atoms with E-state index < -0.39 is 0 Å². The average Bonchev–Trinajstić information content (AvgIpc) is 2.35. The molecule has 0 spiro atoms. The van der Waals surface area contributed by atoms with Gasteiger partial charge in [-0.2, -0.15) is 0 Å². The van der Waals surface area contributed by atoms with Crippen molar-refractivity contribution < 1.29 is 4.79 Å². The van der Waals surface area contributed by atoms with Gasteiger partial charge < -0.3 is 4.90 Å². The van der Waals surface area contributed by atoms with Crippen LogP contribution < -0.4 is 0 Å². The van der Waals surface area contributed by atoms with Gasteiger partial charge in [-0.1, -0.05) is 41.9 Å². The second-order valence-corrected chi connectivity index (χ2v) is 5.85. The molecular formula is C15H22BrNO. The lowest BCUT2D eigenvalue weighted by Gasteiger charge is -2.26. The van der Waals surface area contributed by atoms with Crippen molar-refractivity contribution in [1.29, 1.82) is 0 Å². The number of carbonyl (C=O) groups excluding carboxylic acids is 1. The number of halogens is 1. The maximum absolute atomic E-state index is 12.4. The molecule has 0 aromatic heterocycles. The van der Waals surface area contributed by atoms with Crippen molar-refractivity contribution in [1.82, 2.24) is 4.90 Å². The van der Waals surface area contributed by atoms with Crippen molar-refractivity contribution in [2.24, 2.45) is 0 Å². The molecule has 0 fully saturated rings. The van der Waals surface area contributed by atoms with Crippen LogP contribution >= 0.6 is 15.9 Å². The van der Waals surface area contributed by atoms with E-state index in [0.717, 1.165) is 17.4 Å². The lowest BCUT2D eigenvalue weighted by atomic mass is 10.0. The largest absolute Gasteiger partial charge is 0.335 e. The van der Waals surface area contributed by atoms with Gasteiger partial charge in [0.25, 0.3) is 5.91 Å². The zero-order chi connectivity index (χ0) is 13.7. The molecule has 0 bridgehead atoms. The molecule has 0 aliphatic rings. The van der Waals surface area contributed by atoms with Gasteiger partial charge >= 0.3 is 0 Å². The third-order valence-corrected chi connectivity index (χ3v) is 3.39. The van der Waals surface area contributed by atoms with Crippen molar-refractivity contribution in [2.45, 2.75) is 39.7 Å². The van der Waals surface area contributed by atoms with Crippen LogP contribution in [0.15, 0.2) is 24.3 Å². The standard InChI is InChI=1S/C15H22BrNO/c1-11(2)13-5-7-14(8-6-13)15(18)17(10-9-16)12(3)4/h5-8,11-12H,9-10H2,1-4H3. The van der Waals surface area contributed by atoms with Gasteiger partial charge in [-0.3, -0.25) is 4.79 Å². The fourth-order valence-corrected chi connectivity index (χ4v) is 2.24. The summed E-state index contributed by atoms with van der Waals surface area (Å²) in [6, 6.07) is 8.18. The highest BCUT2D eigenvalue weighted by atomic mass is 79.9. The lowest BCUT2D eigenvalue weighted by molar-refractivity contribution is 0.0719. The summed E-state index contributed by atoms with van der Waals surface area (Å²) in [6.45, 7) is 9.14. The van der Waals surface area contributed by atoms with Gasteiger partial charge in [0.15, 0.2) is 0 Å². The smallest absolute Gasteiger partial charge is 0.254 e. The van der Waals surface area contributed by atoms with Crippen LogP contribution in [0.4, 0.5) is 0 Å². The molecule has 1 amide bonds. The Bertz CT molecular complexity index is 384. The Hall–Kier alpha value is -0.830. The molecule has 1 aromatic carbocycles. The Labute approximate surface area is 119 Å². The predicted octanol–water partition coefficient (Wildman–Crippen LogP) is 4.06. The van der Waals surface area contributed by atoms with Gasteiger partial charge in [0, 0.05) is 23.5 Å². The summed E-state index contributed by atoms with van der Waals surface area (Å²) >= 11 is 3.40. The summed E-state index contributed by atoms with van der Waals surface area (Å²) in [7, 11) is 0. The Morgan fingerprint density at radius 3 is 2.11 bits per heavy atom.